The van der Waals surface area contributed by atoms with E-state index in [9.17, 15) is 14.4 Å². The molecule has 0 spiro atoms. The Kier molecular flexibility index (Phi) is 8.81. The molecule has 2 aliphatic heterocycles. The van der Waals surface area contributed by atoms with Crippen molar-refractivity contribution in [3.63, 3.8) is 0 Å². The molecule has 0 aromatic heterocycles. The van der Waals surface area contributed by atoms with Gasteiger partial charge in [0.05, 0.1) is 11.3 Å². The fourth-order valence-corrected chi connectivity index (χ4v) is 5.25. The lowest BCUT2D eigenvalue weighted by atomic mass is 9.97. The third kappa shape index (κ3) is 6.20. The minimum atomic E-state index is -0.693. The zero-order chi connectivity index (χ0) is 28.1. The minimum Gasteiger partial charge on any atom is -0.388 e. The number of carbonyl (C=O) groups is 3. The van der Waals surface area contributed by atoms with Gasteiger partial charge < -0.3 is 30.7 Å². The normalized spacial score (nSPS) is 19.0. The number of nitrogens with one attached hydrogen (secondary N) is 3. The van der Waals surface area contributed by atoms with E-state index in [0.717, 1.165) is 37.1 Å². The van der Waals surface area contributed by atoms with Gasteiger partial charge in [0.15, 0.2) is 0 Å². The summed E-state index contributed by atoms with van der Waals surface area (Å²) in [5.74, 6) is -0.0930. The number of carbonyl (C=O) groups excluding carboxylic acids is 3. The zero-order valence-electron chi connectivity index (χ0n) is 23.2. The summed E-state index contributed by atoms with van der Waals surface area (Å²) in [7, 11) is 5.55. The van der Waals surface area contributed by atoms with E-state index in [-0.39, 0.29) is 24.3 Å². The monoisotopic (exact) mass is 530 g/mol. The number of anilines is 1. The predicted molar refractivity (Wildman–Crippen MR) is 154 cm³/mol. The Morgan fingerprint density at radius 2 is 1.82 bits per heavy atom. The van der Waals surface area contributed by atoms with Crippen molar-refractivity contribution in [3.8, 4) is 0 Å². The summed E-state index contributed by atoms with van der Waals surface area (Å²) in [6.07, 6.45) is 4.96. The van der Waals surface area contributed by atoms with Crippen LogP contribution in [0.5, 0.6) is 0 Å². The number of amides is 3. The van der Waals surface area contributed by atoms with Crippen LogP contribution in [0.2, 0.25) is 0 Å². The fourth-order valence-electron chi connectivity index (χ4n) is 5.25. The Morgan fingerprint density at radius 1 is 1.08 bits per heavy atom. The first-order valence-electron chi connectivity index (χ1n) is 13.4. The number of nitrogens with zero attached hydrogens (tertiary/aromatic N) is 3. The SMILES string of the molecule is CN/C(=C\C=N)c1ccc2c(c1)N(C)C(=O)[C@@H](C)N(Cc1cccc(C(=O)NCC3CCN(C)CC3)c1)C2=O. The summed E-state index contributed by atoms with van der Waals surface area (Å²) in [4.78, 5) is 45.4. The second-order valence-corrected chi connectivity index (χ2v) is 10.4. The molecular weight excluding hydrogens is 492 g/mol. The van der Waals surface area contributed by atoms with Crippen molar-refractivity contribution in [3.05, 3.63) is 70.8 Å². The third-order valence-corrected chi connectivity index (χ3v) is 7.77. The van der Waals surface area contributed by atoms with Crippen LogP contribution < -0.4 is 15.5 Å². The summed E-state index contributed by atoms with van der Waals surface area (Å²) < 4.78 is 0. The number of likely N-dealkylation sites (tertiary alicyclic amines) is 1. The average Bonchev–Trinajstić information content (AvgIpc) is 3.01. The number of hydrogen-bond acceptors (Lipinski definition) is 6. The molecule has 4 rings (SSSR count). The molecule has 2 aliphatic rings. The van der Waals surface area contributed by atoms with Crippen LogP contribution in [0.4, 0.5) is 5.69 Å². The third-order valence-electron chi connectivity index (χ3n) is 7.77. The molecule has 1 fully saturated rings. The first kappa shape index (κ1) is 28.0. The molecule has 2 heterocycles. The van der Waals surface area contributed by atoms with Crippen LogP contribution in [0.25, 0.3) is 5.70 Å². The van der Waals surface area contributed by atoms with Gasteiger partial charge in [-0.15, -0.1) is 0 Å². The lowest BCUT2D eigenvalue weighted by Gasteiger charge is -2.29. The Bertz CT molecular complexity index is 1280. The second-order valence-electron chi connectivity index (χ2n) is 10.4. The molecule has 0 bridgehead atoms. The minimum absolute atomic E-state index is 0.127. The maximum absolute atomic E-state index is 13.7. The Labute approximate surface area is 230 Å². The highest BCUT2D eigenvalue weighted by Crippen LogP contribution is 2.31. The lowest BCUT2D eigenvalue weighted by molar-refractivity contribution is -0.122. The molecule has 3 amide bonds. The molecule has 1 saturated heterocycles. The van der Waals surface area contributed by atoms with Crippen LogP contribution in [0.15, 0.2) is 48.5 Å². The van der Waals surface area contributed by atoms with Crippen LogP contribution in [-0.2, 0) is 11.3 Å². The van der Waals surface area contributed by atoms with Gasteiger partial charge in [0, 0.05) is 44.7 Å². The molecule has 2 aromatic rings. The Hall–Kier alpha value is -3.98. The molecule has 0 radical (unpaired) electrons. The van der Waals surface area contributed by atoms with Gasteiger partial charge in [0.2, 0.25) is 5.91 Å². The van der Waals surface area contributed by atoms with Crippen molar-refractivity contribution in [2.75, 3.05) is 45.7 Å². The fraction of sp³-hybridized carbons (Fsp3) is 0.400. The number of rotatable bonds is 8. The quantitative estimate of drug-likeness (QED) is 0.455. The van der Waals surface area contributed by atoms with Crippen molar-refractivity contribution in [2.24, 2.45) is 5.92 Å². The number of allylic oxidation sites excluding steroid dienone is 1. The van der Waals surface area contributed by atoms with E-state index in [2.05, 4.69) is 22.6 Å². The van der Waals surface area contributed by atoms with Crippen LogP contribution in [0.3, 0.4) is 0 Å². The molecule has 2 aromatic carbocycles. The number of likely N-dealkylation sites (N-methyl/N-ethyl adjacent to an activating group) is 1. The van der Waals surface area contributed by atoms with Gasteiger partial charge >= 0.3 is 0 Å². The number of fused-ring (bicyclic) bond motifs is 1. The van der Waals surface area contributed by atoms with E-state index in [1.165, 1.54) is 11.1 Å². The molecule has 39 heavy (non-hydrogen) atoms. The number of piperidine rings is 1. The van der Waals surface area contributed by atoms with E-state index in [4.69, 9.17) is 5.41 Å². The van der Waals surface area contributed by atoms with Crippen molar-refractivity contribution >= 4 is 35.3 Å². The molecule has 9 nitrogen and oxygen atoms in total. The van der Waals surface area contributed by atoms with Crippen molar-refractivity contribution in [1.82, 2.24) is 20.4 Å². The van der Waals surface area contributed by atoms with Crippen LogP contribution >= 0.6 is 0 Å². The summed E-state index contributed by atoms with van der Waals surface area (Å²) >= 11 is 0. The standard InChI is InChI=1S/C30H38N6O3/c1-20-29(38)35(4)27-17-23(26(32-2)10-13-31)8-9-25(27)30(39)36(20)19-22-6-5-7-24(16-22)28(37)33-18-21-11-14-34(3)15-12-21/h5-10,13,16-17,20-21,31-32H,11-12,14-15,18-19H2,1-4H3,(H,33,37)/b26-10-,31-13?/t20-/m1/s1. The smallest absolute Gasteiger partial charge is 0.256 e. The maximum atomic E-state index is 13.7. The topological polar surface area (TPSA) is 109 Å². The molecule has 0 saturated carbocycles. The second kappa shape index (κ2) is 12.3. The highest BCUT2D eigenvalue weighted by atomic mass is 16.2. The van der Waals surface area contributed by atoms with Gasteiger partial charge in [-0.25, -0.2) is 0 Å². The largest absolute Gasteiger partial charge is 0.388 e. The zero-order valence-corrected chi connectivity index (χ0v) is 23.2. The molecule has 0 unspecified atom stereocenters. The maximum Gasteiger partial charge on any atom is 0.256 e. The summed E-state index contributed by atoms with van der Waals surface area (Å²) in [5, 5.41) is 13.5. The molecule has 1 atom stereocenters. The van der Waals surface area contributed by atoms with E-state index in [1.54, 1.807) is 56.3 Å². The highest BCUT2D eigenvalue weighted by molar-refractivity contribution is 6.11. The van der Waals surface area contributed by atoms with Crippen LogP contribution in [0, 0.1) is 11.3 Å². The summed E-state index contributed by atoms with van der Waals surface area (Å²) in [6, 6.07) is 11.9. The molecule has 9 heteroatoms. The predicted octanol–water partition coefficient (Wildman–Crippen LogP) is 2.98. The first-order valence-corrected chi connectivity index (χ1v) is 13.4. The summed E-state index contributed by atoms with van der Waals surface area (Å²) in [6.45, 7) is 4.69. The number of benzene rings is 2. The van der Waals surface area contributed by atoms with Gasteiger partial charge in [-0.3, -0.25) is 14.4 Å². The molecule has 0 aliphatic carbocycles. The molecule has 3 N–H and O–H groups in total. The Morgan fingerprint density at radius 3 is 2.51 bits per heavy atom. The van der Waals surface area contributed by atoms with Crippen molar-refractivity contribution in [2.45, 2.75) is 32.4 Å². The van der Waals surface area contributed by atoms with E-state index in [1.807, 2.05) is 18.2 Å². The van der Waals surface area contributed by atoms with Crippen molar-refractivity contribution < 1.29 is 14.4 Å². The van der Waals surface area contributed by atoms with E-state index >= 15 is 0 Å². The first-order chi connectivity index (χ1) is 18.7. The molecule has 206 valence electrons. The van der Waals surface area contributed by atoms with Gasteiger partial charge in [0.1, 0.15) is 6.04 Å². The summed E-state index contributed by atoms with van der Waals surface area (Å²) in [5.41, 5.74) is 3.75. The lowest BCUT2D eigenvalue weighted by Crippen LogP contribution is -2.45. The van der Waals surface area contributed by atoms with Gasteiger partial charge in [-0.05, 0) is 87.3 Å². The highest BCUT2D eigenvalue weighted by Gasteiger charge is 2.36. The number of hydrogen-bond donors (Lipinski definition) is 3. The van der Waals surface area contributed by atoms with Crippen LogP contribution in [0.1, 0.15) is 51.6 Å². The van der Waals surface area contributed by atoms with E-state index in [0.29, 0.717) is 35.0 Å². The van der Waals surface area contributed by atoms with E-state index < -0.39 is 6.04 Å². The molecular formula is C30H38N6O3. The van der Waals surface area contributed by atoms with Crippen molar-refractivity contribution in [1.29, 1.82) is 5.41 Å². The van der Waals surface area contributed by atoms with Gasteiger partial charge in [0.25, 0.3) is 11.8 Å². The van der Waals surface area contributed by atoms with Gasteiger partial charge in [-0.2, -0.15) is 0 Å². The Balaban J connectivity index is 1.53. The van der Waals surface area contributed by atoms with Crippen LogP contribution in [-0.4, -0.2) is 80.6 Å². The average molecular weight is 531 g/mol. The van der Waals surface area contributed by atoms with Gasteiger partial charge in [-0.1, -0.05) is 18.2 Å².